The Morgan fingerprint density at radius 2 is 2.38 bits per heavy atom. The number of carbonyl (C=O) groups is 1. The van der Waals surface area contributed by atoms with Gasteiger partial charge in [0.1, 0.15) is 12.2 Å². The Morgan fingerprint density at radius 1 is 1.69 bits per heavy atom. The highest BCUT2D eigenvalue weighted by Crippen LogP contribution is 2.29. The lowest BCUT2D eigenvalue weighted by Crippen LogP contribution is -2.47. The lowest BCUT2D eigenvalue weighted by molar-refractivity contribution is -0.187. The third-order valence-corrected chi connectivity index (χ3v) is 2.39. The SMILES string of the molecule is CC=CC(=O)OCC1(CC)CCO1. The van der Waals surface area contributed by atoms with Crippen LogP contribution in [0.5, 0.6) is 0 Å². The number of carbonyl (C=O) groups excluding carboxylic acids is 1. The van der Waals surface area contributed by atoms with E-state index in [4.69, 9.17) is 9.47 Å². The van der Waals surface area contributed by atoms with E-state index in [0.717, 1.165) is 19.4 Å². The van der Waals surface area contributed by atoms with E-state index in [0.29, 0.717) is 6.61 Å². The van der Waals surface area contributed by atoms with Crippen molar-refractivity contribution in [2.45, 2.75) is 32.3 Å². The van der Waals surface area contributed by atoms with Crippen LogP contribution in [0.3, 0.4) is 0 Å². The van der Waals surface area contributed by atoms with Crippen LogP contribution in [0.25, 0.3) is 0 Å². The number of hydrogen-bond donors (Lipinski definition) is 0. The Balaban J connectivity index is 2.28. The average molecular weight is 184 g/mol. The van der Waals surface area contributed by atoms with Crippen molar-refractivity contribution in [3.8, 4) is 0 Å². The van der Waals surface area contributed by atoms with Gasteiger partial charge in [-0.25, -0.2) is 4.79 Å². The van der Waals surface area contributed by atoms with Crippen molar-refractivity contribution in [2.75, 3.05) is 13.2 Å². The van der Waals surface area contributed by atoms with Gasteiger partial charge in [-0.3, -0.25) is 0 Å². The van der Waals surface area contributed by atoms with Crippen LogP contribution in [-0.4, -0.2) is 24.8 Å². The highest BCUT2D eigenvalue weighted by Gasteiger charge is 2.37. The van der Waals surface area contributed by atoms with Gasteiger partial charge in [-0.1, -0.05) is 13.0 Å². The molecule has 1 aliphatic rings. The van der Waals surface area contributed by atoms with Crippen molar-refractivity contribution in [1.29, 1.82) is 0 Å². The molecule has 1 heterocycles. The predicted molar refractivity (Wildman–Crippen MR) is 49.4 cm³/mol. The van der Waals surface area contributed by atoms with Crippen LogP contribution < -0.4 is 0 Å². The normalized spacial score (nSPS) is 27.2. The van der Waals surface area contributed by atoms with E-state index in [1.165, 1.54) is 6.08 Å². The third kappa shape index (κ3) is 2.56. The summed E-state index contributed by atoms with van der Waals surface area (Å²) in [6.45, 7) is 5.00. The van der Waals surface area contributed by atoms with E-state index in [1.54, 1.807) is 13.0 Å². The van der Waals surface area contributed by atoms with E-state index in [-0.39, 0.29) is 11.6 Å². The molecule has 0 aromatic carbocycles. The van der Waals surface area contributed by atoms with Crippen molar-refractivity contribution >= 4 is 5.97 Å². The van der Waals surface area contributed by atoms with Crippen molar-refractivity contribution < 1.29 is 14.3 Å². The summed E-state index contributed by atoms with van der Waals surface area (Å²) in [4.78, 5) is 11.0. The largest absolute Gasteiger partial charge is 0.459 e. The molecule has 3 heteroatoms. The van der Waals surface area contributed by atoms with Gasteiger partial charge in [0.05, 0.1) is 6.61 Å². The number of esters is 1. The highest BCUT2D eigenvalue weighted by molar-refractivity contribution is 5.81. The first-order valence-corrected chi connectivity index (χ1v) is 4.66. The molecule has 0 spiro atoms. The molecule has 1 unspecified atom stereocenters. The van der Waals surface area contributed by atoms with Gasteiger partial charge in [0.25, 0.3) is 0 Å². The van der Waals surface area contributed by atoms with Crippen molar-refractivity contribution in [1.82, 2.24) is 0 Å². The molecular weight excluding hydrogens is 168 g/mol. The number of ether oxygens (including phenoxy) is 2. The molecule has 74 valence electrons. The van der Waals surface area contributed by atoms with Gasteiger partial charge in [0.2, 0.25) is 0 Å². The molecule has 0 radical (unpaired) electrons. The summed E-state index contributed by atoms with van der Waals surface area (Å²) in [6.07, 6.45) is 4.98. The molecule has 0 bridgehead atoms. The molecule has 1 fully saturated rings. The van der Waals surface area contributed by atoms with Crippen LogP contribution in [0, 0.1) is 0 Å². The van der Waals surface area contributed by atoms with Crippen LogP contribution in [0.2, 0.25) is 0 Å². The molecule has 0 aromatic rings. The fraction of sp³-hybridized carbons (Fsp3) is 0.700. The molecule has 1 atom stereocenters. The minimum Gasteiger partial charge on any atom is -0.459 e. The van der Waals surface area contributed by atoms with Gasteiger partial charge in [-0.2, -0.15) is 0 Å². The second-order valence-corrected chi connectivity index (χ2v) is 3.24. The molecule has 3 nitrogen and oxygen atoms in total. The topological polar surface area (TPSA) is 35.5 Å². The second-order valence-electron chi connectivity index (χ2n) is 3.24. The summed E-state index contributed by atoms with van der Waals surface area (Å²) in [5, 5.41) is 0. The van der Waals surface area contributed by atoms with Crippen molar-refractivity contribution in [2.24, 2.45) is 0 Å². The maximum absolute atomic E-state index is 11.0. The molecule has 0 amide bonds. The van der Waals surface area contributed by atoms with E-state index >= 15 is 0 Å². The smallest absolute Gasteiger partial charge is 0.330 e. The Morgan fingerprint density at radius 3 is 2.77 bits per heavy atom. The first kappa shape index (κ1) is 10.3. The van der Waals surface area contributed by atoms with Crippen LogP contribution in [-0.2, 0) is 14.3 Å². The maximum atomic E-state index is 11.0. The summed E-state index contributed by atoms with van der Waals surface area (Å²) in [7, 11) is 0. The fourth-order valence-electron chi connectivity index (χ4n) is 1.27. The number of allylic oxidation sites excluding steroid dienone is 1. The molecule has 1 saturated heterocycles. The highest BCUT2D eigenvalue weighted by atomic mass is 16.6. The van der Waals surface area contributed by atoms with Crippen molar-refractivity contribution in [3.63, 3.8) is 0 Å². The standard InChI is InChI=1S/C10H16O3/c1-3-5-9(11)12-8-10(4-2)6-7-13-10/h3,5H,4,6-8H2,1-2H3. The van der Waals surface area contributed by atoms with Crippen LogP contribution in [0.15, 0.2) is 12.2 Å². The molecular formula is C10H16O3. The van der Waals surface area contributed by atoms with Crippen LogP contribution in [0.1, 0.15) is 26.7 Å². The summed E-state index contributed by atoms with van der Waals surface area (Å²) < 4.78 is 10.4. The second kappa shape index (κ2) is 4.42. The number of rotatable bonds is 4. The Bertz CT molecular complexity index is 199. The lowest BCUT2D eigenvalue weighted by Gasteiger charge is -2.40. The quantitative estimate of drug-likeness (QED) is 0.492. The Hall–Kier alpha value is -0.830. The monoisotopic (exact) mass is 184 g/mol. The van der Waals surface area contributed by atoms with Gasteiger partial charge < -0.3 is 9.47 Å². The zero-order valence-corrected chi connectivity index (χ0v) is 8.21. The third-order valence-electron chi connectivity index (χ3n) is 2.39. The first-order chi connectivity index (χ1) is 6.22. The van der Waals surface area contributed by atoms with Crippen molar-refractivity contribution in [3.05, 3.63) is 12.2 Å². The molecule has 13 heavy (non-hydrogen) atoms. The predicted octanol–water partition coefficient (Wildman–Crippen LogP) is 1.67. The summed E-state index contributed by atoms with van der Waals surface area (Å²) in [5.74, 6) is -0.286. The van der Waals surface area contributed by atoms with Crippen LogP contribution in [0.4, 0.5) is 0 Å². The van der Waals surface area contributed by atoms with E-state index in [9.17, 15) is 4.79 Å². The van der Waals surface area contributed by atoms with Crippen LogP contribution >= 0.6 is 0 Å². The van der Waals surface area contributed by atoms with E-state index < -0.39 is 0 Å². The van der Waals surface area contributed by atoms with Gasteiger partial charge in [0, 0.05) is 12.5 Å². The zero-order valence-electron chi connectivity index (χ0n) is 8.21. The number of hydrogen-bond acceptors (Lipinski definition) is 3. The van der Waals surface area contributed by atoms with E-state index in [2.05, 4.69) is 0 Å². The molecule has 0 aromatic heterocycles. The molecule has 0 N–H and O–H groups in total. The summed E-state index contributed by atoms with van der Waals surface area (Å²) in [6, 6.07) is 0. The molecule has 0 aliphatic carbocycles. The summed E-state index contributed by atoms with van der Waals surface area (Å²) >= 11 is 0. The summed E-state index contributed by atoms with van der Waals surface area (Å²) in [5.41, 5.74) is -0.183. The Kier molecular flexibility index (Phi) is 3.48. The van der Waals surface area contributed by atoms with Gasteiger partial charge >= 0.3 is 5.97 Å². The zero-order chi connectivity index (χ0) is 9.73. The first-order valence-electron chi connectivity index (χ1n) is 4.66. The minimum absolute atomic E-state index is 0.183. The van der Waals surface area contributed by atoms with E-state index in [1.807, 2.05) is 6.92 Å². The van der Waals surface area contributed by atoms with Gasteiger partial charge in [-0.15, -0.1) is 0 Å². The lowest BCUT2D eigenvalue weighted by atomic mass is 9.93. The van der Waals surface area contributed by atoms with Gasteiger partial charge in [0.15, 0.2) is 0 Å². The minimum atomic E-state index is -0.286. The average Bonchev–Trinajstić information content (AvgIpc) is 2.04. The fourth-order valence-corrected chi connectivity index (χ4v) is 1.27. The molecule has 1 aliphatic heterocycles. The Labute approximate surface area is 78.7 Å². The van der Waals surface area contributed by atoms with Gasteiger partial charge in [-0.05, 0) is 13.3 Å². The molecule has 1 rings (SSSR count). The molecule has 0 saturated carbocycles. The maximum Gasteiger partial charge on any atom is 0.330 e.